The van der Waals surface area contributed by atoms with Crippen molar-refractivity contribution in [1.82, 2.24) is 9.97 Å². The van der Waals surface area contributed by atoms with E-state index in [0.29, 0.717) is 16.4 Å². The number of carbonyl (C=O) groups excluding carboxylic acids is 2. The van der Waals surface area contributed by atoms with E-state index in [-0.39, 0.29) is 11.9 Å². The summed E-state index contributed by atoms with van der Waals surface area (Å²) < 4.78 is 0.815. The second-order valence-corrected chi connectivity index (χ2v) is 10.2. The lowest BCUT2D eigenvalue weighted by Gasteiger charge is -2.12. The number of hydrogen-bond acceptors (Lipinski definition) is 4. The van der Waals surface area contributed by atoms with Crippen molar-refractivity contribution in [1.29, 1.82) is 0 Å². The van der Waals surface area contributed by atoms with Crippen LogP contribution in [0.2, 0.25) is 0 Å². The highest BCUT2D eigenvalue weighted by Gasteiger charge is 2.14. The van der Waals surface area contributed by atoms with Gasteiger partial charge in [0.2, 0.25) is 0 Å². The molecule has 5 rings (SSSR count). The van der Waals surface area contributed by atoms with Crippen LogP contribution in [0.5, 0.6) is 0 Å². The predicted octanol–water partition coefficient (Wildman–Crippen LogP) is 7.22. The van der Waals surface area contributed by atoms with Crippen molar-refractivity contribution in [3.8, 4) is 0 Å². The molecule has 0 radical (unpaired) electrons. The van der Waals surface area contributed by atoms with Crippen molar-refractivity contribution < 1.29 is 9.59 Å². The molecule has 0 aliphatic carbocycles. The number of aromatic nitrogens is 2. The molecule has 0 aliphatic rings. The van der Waals surface area contributed by atoms with Gasteiger partial charge >= 0.3 is 6.03 Å². The normalized spacial score (nSPS) is 11.1. The highest BCUT2D eigenvalue weighted by atomic mass is 32.1. The second-order valence-electron chi connectivity index (χ2n) is 9.14. The monoisotopic (exact) mass is 497 g/mol. The second kappa shape index (κ2) is 9.13. The van der Waals surface area contributed by atoms with E-state index >= 15 is 0 Å². The fourth-order valence-electron chi connectivity index (χ4n) is 4.48. The van der Waals surface area contributed by atoms with Crippen LogP contribution in [0, 0.1) is 34.6 Å². The summed E-state index contributed by atoms with van der Waals surface area (Å²) in [6.07, 6.45) is 0. The van der Waals surface area contributed by atoms with Gasteiger partial charge in [-0.15, -0.1) is 0 Å². The molecule has 0 fully saturated rings. The van der Waals surface area contributed by atoms with Crippen molar-refractivity contribution >= 4 is 60.9 Å². The minimum atomic E-state index is -0.374. The summed E-state index contributed by atoms with van der Waals surface area (Å²) in [5, 5.41) is 10.2. The first-order valence-corrected chi connectivity index (χ1v) is 12.5. The van der Waals surface area contributed by atoms with Crippen LogP contribution in [0.25, 0.3) is 21.1 Å². The van der Waals surface area contributed by atoms with E-state index in [1.54, 1.807) is 18.2 Å². The van der Waals surface area contributed by atoms with Crippen molar-refractivity contribution in [3.63, 3.8) is 0 Å². The molecule has 7 nitrogen and oxygen atoms in total. The minimum absolute atomic E-state index is 0.182. The highest BCUT2D eigenvalue weighted by molar-refractivity contribution is 7.22. The zero-order valence-corrected chi connectivity index (χ0v) is 21.6. The number of thiazole rings is 1. The smallest absolute Gasteiger partial charge is 0.325 e. The standard InChI is InChI=1S/C28H27N5O2S/c1-14-10-15(2)25(16(3)11-14)32-26(34)19-6-8-23-24(12-19)36-28(31-23)33-27(35)30-20-7-9-22-21(13-20)17(4)18(5)29-22/h6-13,29H,1-5H3,(H,32,34)(H2,30,31,33,35). The van der Waals surface area contributed by atoms with Crippen LogP contribution in [0.4, 0.5) is 21.3 Å². The average molecular weight is 498 g/mol. The maximum atomic E-state index is 12.9. The Bertz CT molecular complexity index is 1640. The van der Waals surface area contributed by atoms with E-state index in [1.165, 1.54) is 11.3 Å². The number of nitrogens with zero attached hydrogens (tertiary/aromatic N) is 1. The summed E-state index contributed by atoms with van der Waals surface area (Å²) in [5.74, 6) is -0.182. The largest absolute Gasteiger partial charge is 0.358 e. The van der Waals surface area contributed by atoms with Gasteiger partial charge in [-0.1, -0.05) is 29.0 Å². The molecule has 3 amide bonds. The number of carbonyl (C=O) groups is 2. The molecule has 2 aromatic heterocycles. The van der Waals surface area contributed by atoms with Crippen LogP contribution in [0.1, 0.15) is 38.3 Å². The minimum Gasteiger partial charge on any atom is -0.358 e. The van der Waals surface area contributed by atoms with Crippen LogP contribution in [-0.2, 0) is 0 Å². The fraction of sp³-hybridized carbons (Fsp3) is 0.179. The fourth-order valence-corrected chi connectivity index (χ4v) is 5.38. The van der Waals surface area contributed by atoms with Crippen molar-refractivity contribution in [2.24, 2.45) is 0 Å². The number of aromatic amines is 1. The lowest BCUT2D eigenvalue weighted by Crippen LogP contribution is -2.19. The highest BCUT2D eigenvalue weighted by Crippen LogP contribution is 2.29. The van der Waals surface area contributed by atoms with Crippen LogP contribution < -0.4 is 16.0 Å². The Balaban J connectivity index is 1.30. The summed E-state index contributed by atoms with van der Waals surface area (Å²) in [6.45, 7) is 10.1. The molecule has 2 heterocycles. The Morgan fingerprint density at radius 2 is 1.61 bits per heavy atom. The number of benzene rings is 3. The number of amides is 3. The van der Waals surface area contributed by atoms with Gasteiger partial charge < -0.3 is 15.6 Å². The summed E-state index contributed by atoms with van der Waals surface area (Å²) >= 11 is 1.32. The summed E-state index contributed by atoms with van der Waals surface area (Å²) in [6, 6.07) is 14.8. The van der Waals surface area contributed by atoms with E-state index in [2.05, 4.69) is 45.0 Å². The molecular weight excluding hydrogens is 470 g/mol. The predicted molar refractivity (Wildman–Crippen MR) is 149 cm³/mol. The number of fused-ring (bicyclic) bond motifs is 2. The molecule has 0 saturated carbocycles. The molecule has 0 atom stereocenters. The third-order valence-corrected chi connectivity index (χ3v) is 7.29. The summed E-state index contributed by atoms with van der Waals surface area (Å²) in [4.78, 5) is 33.4. The molecule has 182 valence electrons. The summed E-state index contributed by atoms with van der Waals surface area (Å²) in [5.41, 5.74) is 9.30. The molecule has 0 unspecified atom stereocenters. The zero-order chi connectivity index (χ0) is 25.6. The number of hydrogen-bond donors (Lipinski definition) is 4. The Morgan fingerprint density at radius 3 is 2.36 bits per heavy atom. The number of H-pyrrole nitrogens is 1. The van der Waals surface area contributed by atoms with Gasteiger partial charge in [0, 0.05) is 33.5 Å². The van der Waals surface area contributed by atoms with Crippen molar-refractivity contribution in [3.05, 3.63) is 82.0 Å². The first-order valence-electron chi connectivity index (χ1n) is 11.6. The van der Waals surface area contributed by atoms with E-state index in [1.807, 2.05) is 45.9 Å². The Morgan fingerprint density at radius 1 is 0.861 bits per heavy atom. The van der Waals surface area contributed by atoms with Gasteiger partial charge in [0.1, 0.15) is 0 Å². The number of nitrogens with one attached hydrogen (secondary N) is 4. The quantitative estimate of drug-likeness (QED) is 0.211. The molecule has 0 saturated heterocycles. The number of anilines is 3. The molecule has 0 spiro atoms. The molecule has 0 aliphatic heterocycles. The summed E-state index contributed by atoms with van der Waals surface area (Å²) in [7, 11) is 0. The SMILES string of the molecule is Cc1cc(C)c(NC(=O)c2ccc3nc(NC(=O)Nc4ccc5[nH]c(C)c(C)c5c4)sc3c2)c(C)c1. The Kier molecular flexibility index (Phi) is 5.97. The third-order valence-electron chi connectivity index (χ3n) is 6.35. The first-order chi connectivity index (χ1) is 17.2. The molecule has 3 aromatic carbocycles. The molecule has 36 heavy (non-hydrogen) atoms. The zero-order valence-electron chi connectivity index (χ0n) is 20.8. The van der Waals surface area contributed by atoms with E-state index < -0.39 is 0 Å². The van der Waals surface area contributed by atoms with E-state index in [0.717, 1.165) is 54.8 Å². The van der Waals surface area contributed by atoms with Crippen molar-refractivity contribution in [2.75, 3.05) is 16.0 Å². The van der Waals surface area contributed by atoms with Gasteiger partial charge in [-0.3, -0.25) is 10.1 Å². The van der Waals surface area contributed by atoms with Gasteiger partial charge in [0.25, 0.3) is 5.91 Å². The molecular formula is C28H27N5O2S. The van der Waals surface area contributed by atoms with Crippen LogP contribution in [0.3, 0.4) is 0 Å². The van der Waals surface area contributed by atoms with Crippen LogP contribution in [-0.4, -0.2) is 21.9 Å². The number of rotatable bonds is 4. The number of aryl methyl sites for hydroxylation is 5. The molecule has 8 heteroatoms. The lowest BCUT2D eigenvalue weighted by atomic mass is 10.0. The van der Waals surface area contributed by atoms with Gasteiger partial charge in [0.05, 0.1) is 10.2 Å². The van der Waals surface area contributed by atoms with Crippen LogP contribution >= 0.6 is 11.3 Å². The van der Waals surface area contributed by atoms with Gasteiger partial charge in [-0.2, -0.15) is 0 Å². The third kappa shape index (κ3) is 4.55. The first kappa shape index (κ1) is 23.6. The average Bonchev–Trinajstić information content (AvgIpc) is 3.34. The maximum absolute atomic E-state index is 12.9. The molecule has 0 bridgehead atoms. The van der Waals surface area contributed by atoms with E-state index in [4.69, 9.17) is 0 Å². The maximum Gasteiger partial charge on any atom is 0.325 e. The molecule has 5 aromatic rings. The Labute approximate surface area is 213 Å². The van der Waals surface area contributed by atoms with E-state index in [9.17, 15) is 9.59 Å². The van der Waals surface area contributed by atoms with Crippen molar-refractivity contribution in [2.45, 2.75) is 34.6 Å². The van der Waals surface area contributed by atoms with Gasteiger partial charge in [-0.25, -0.2) is 9.78 Å². The molecule has 4 N–H and O–H groups in total. The topological polar surface area (TPSA) is 98.9 Å². The lowest BCUT2D eigenvalue weighted by molar-refractivity contribution is 0.102. The number of urea groups is 1. The Hall–Kier alpha value is -4.17. The van der Waals surface area contributed by atoms with Gasteiger partial charge in [-0.05, 0) is 87.7 Å². The van der Waals surface area contributed by atoms with Crippen LogP contribution in [0.15, 0.2) is 48.5 Å². The van der Waals surface area contributed by atoms with Gasteiger partial charge in [0.15, 0.2) is 5.13 Å².